The number of hydrogen-bond donors (Lipinski definition) is 2. The highest BCUT2D eigenvalue weighted by Crippen LogP contribution is 2.29. The minimum absolute atomic E-state index is 0.0337. The van der Waals surface area contributed by atoms with Crippen LogP contribution in [0.1, 0.15) is 26.3 Å². The zero-order valence-corrected chi connectivity index (χ0v) is 13.3. The first-order valence-corrected chi connectivity index (χ1v) is 7.01. The van der Waals surface area contributed by atoms with Gasteiger partial charge in [-0.1, -0.05) is 11.6 Å². The fraction of sp³-hybridized carbons (Fsp3) is 0.462. The molecule has 0 bridgehead atoms. The van der Waals surface area contributed by atoms with Crippen molar-refractivity contribution >= 4 is 39.1 Å². The molecule has 1 amide bonds. The number of carbonyl (C=O) groups is 1. The lowest BCUT2D eigenvalue weighted by Crippen LogP contribution is -2.41. The molecule has 0 aliphatic carbocycles. The number of anilines is 1. The van der Waals surface area contributed by atoms with Crippen molar-refractivity contribution in [1.29, 1.82) is 0 Å². The van der Waals surface area contributed by atoms with E-state index in [1.54, 1.807) is 0 Å². The minimum Gasteiger partial charge on any atom is -0.373 e. The molecule has 0 fully saturated rings. The van der Waals surface area contributed by atoms with Crippen LogP contribution < -0.4 is 10.6 Å². The van der Waals surface area contributed by atoms with Gasteiger partial charge in [-0.3, -0.25) is 4.79 Å². The highest BCUT2D eigenvalue weighted by atomic mass is 79.9. The highest BCUT2D eigenvalue weighted by Gasteiger charge is 2.15. The van der Waals surface area contributed by atoms with E-state index in [9.17, 15) is 4.79 Å². The zero-order chi connectivity index (χ0) is 13.9. The number of benzene rings is 1. The molecule has 1 rings (SSSR count). The maximum absolute atomic E-state index is 11.8. The van der Waals surface area contributed by atoms with E-state index in [0.717, 1.165) is 15.7 Å². The van der Waals surface area contributed by atoms with Crippen molar-refractivity contribution in [2.75, 3.05) is 5.32 Å². The number of nitrogens with one attached hydrogen (secondary N) is 2. The average Bonchev–Trinajstić information content (AvgIpc) is 2.24. The summed E-state index contributed by atoms with van der Waals surface area (Å²) in [6, 6.07) is 3.56. The van der Waals surface area contributed by atoms with E-state index in [4.69, 9.17) is 11.6 Å². The van der Waals surface area contributed by atoms with E-state index >= 15 is 0 Å². The Balaban J connectivity index is 2.79. The summed E-state index contributed by atoms with van der Waals surface area (Å²) in [6.07, 6.45) is 0. The molecule has 0 aliphatic rings. The second-order valence-corrected chi connectivity index (χ2v) is 5.87. The summed E-state index contributed by atoms with van der Waals surface area (Å²) in [4.78, 5) is 11.8. The lowest BCUT2D eigenvalue weighted by atomic mass is 10.2. The van der Waals surface area contributed by atoms with Gasteiger partial charge in [-0.2, -0.15) is 0 Å². The maximum Gasteiger partial charge on any atom is 0.242 e. The lowest BCUT2D eigenvalue weighted by molar-refractivity contribution is -0.122. The van der Waals surface area contributed by atoms with Crippen molar-refractivity contribution in [2.24, 2.45) is 0 Å². The van der Waals surface area contributed by atoms with Gasteiger partial charge in [0, 0.05) is 15.5 Å². The first-order chi connectivity index (χ1) is 8.31. The van der Waals surface area contributed by atoms with Crippen LogP contribution in [-0.2, 0) is 4.79 Å². The van der Waals surface area contributed by atoms with Crippen molar-refractivity contribution in [3.05, 3.63) is 27.2 Å². The maximum atomic E-state index is 11.8. The molecule has 100 valence electrons. The van der Waals surface area contributed by atoms with Crippen LogP contribution >= 0.6 is 27.5 Å². The Labute approximate surface area is 121 Å². The lowest BCUT2D eigenvalue weighted by Gasteiger charge is -2.18. The second kappa shape index (κ2) is 6.43. The van der Waals surface area contributed by atoms with Crippen LogP contribution in [0, 0.1) is 6.92 Å². The van der Waals surface area contributed by atoms with Crippen LogP contribution in [0.25, 0.3) is 0 Å². The van der Waals surface area contributed by atoms with Crippen molar-refractivity contribution in [3.63, 3.8) is 0 Å². The second-order valence-electron chi connectivity index (χ2n) is 4.61. The molecule has 1 atom stereocenters. The van der Waals surface area contributed by atoms with E-state index in [1.165, 1.54) is 0 Å². The van der Waals surface area contributed by atoms with Crippen molar-refractivity contribution in [1.82, 2.24) is 5.32 Å². The van der Waals surface area contributed by atoms with Gasteiger partial charge < -0.3 is 10.6 Å². The molecule has 3 nitrogen and oxygen atoms in total. The molecule has 1 aromatic carbocycles. The van der Waals surface area contributed by atoms with Crippen molar-refractivity contribution in [3.8, 4) is 0 Å². The zero-order valence-electron chi connectivity index (χ0n) is 11.0. The summed E-state index contributed by atoms with van der Waals surface area (Å²) in [6.45, 7) is 7.62. The Kier molecular flexibility index (Phi) is 5.47. The summed E-state index contributed by atoms with van der Waals surface area (Å²) in [5.41, 5.74) is 1.81. The summed E-state index contributed by atoms with van der Waals surface area (Å²) in [7, 11) is 0. The number of amides is 1. The first kappa shape index (κ1) is 15.3. The van der Waals surface area contributed by atoms with Gasteiger partial charge in [-0.25, -0.2) is 0 Å². The number of halogens is 2. The SMILES string of the molecule is Cc1cc(Br)c(NC(C)C(=O)NC(C)C)cc1Cl. The van der Waals surface area contributed by atoms with Gasteiger partial charge in [0.1, 0.15) is 6.04 Å². The van der Waals surface area contributed by atoms with E-state index in [0.29, 0.717) is 5.02 Å². The molecule has 18 heavy (non-hydrogen) atoms. The van der Waals surface area contributed by atoms with Crippen molar-refractivity contribution < 1.29 is 4.79 Å². The van der Waals surface area contributed by atoms with Crippen LogP contribution in [0.5, 0.6) is 0 Å². The monoisotopic (exact) mass is 332 g/mol. The molecule has 0 spiro atoms. The predicted molar refractivity (Wildman–Crippen MR) is 80.3 cm³/mol. The van der Waals surface area contributed by atoms with E-state index in [-0.39, 0.29) is 18.0 Å². The number of carbonyl (C=O) groups excluding carboxylic acids is 1. The van der Waals surface area contributed by atoms with E-state index in [1.807, 2.05) is 39.8 Å². The molecule has 1 unspecified atom stereocenters. The van der Waals surface area contributed by atoms with E-state index in [2.05, 4.69) is 26.6 Å². The summed E-state index contributed by atoms with van der Waals surface area (Å²) in [5.74, 6) is -0.0337. The van der Waals surface area contributed by atoms with Gasteiger partial charge in [0.2, 0.25) is 5.91 Å². The predicted octanol–water partition coefficient (Wildman–Crippen LogP) is 3.74. The number of aryl methyl sites for hydroxylation is 1. The normalized spacial score (nSPS) is 12.4. The topological polar surface area (TPSA) is 41.1 Å². The van der Waals surface area contributed by atoms with Gasteiger partial charge in [-0.15, -0.1) is 0 Å². The number of hydrogen-bond acceptors (Lipinski definition) is 2. The molecule has 0 aliphatic heterocycles. The largest absolute Gasteiger partial charge is 0.373 e. The standard InChI is InChI=1S/C13H18BrClN2O/c1-7(2)16-13(18)9(4)17-12-6-11(15)8(3)5-10(12)14/h5-7,9,17H,1-4H3,(H,16,18). The third kappa shape index (κ3) is 4.18. The fourth-order valence-electron chi connectivity index (χ4n) is 1.47. The Morgan fingerprint density at radius 3 is 2.50 bits per heavy atom. The molecule has 5 heteroatoms. The Bertz CT molecular complexity index is 449. The first-order valence-electron chi connectivity index (χ1n) is 5.83. The Morgan fingerprint density at radius 2 is 1.94 bits per heavy atom. The molecular weight excluding hydrogens is 316 g/mol. The van der Waals surface area contributed by atoms with Crippen LogP contribution in [-0.4, -0.2) is 18.0 Å². The molecule has 2 N–H and O–H groups in total. The highest BCUT2D eigenvalue weighted by molar-refractivity contribution is 9.10. The molecule has 0 heterocycles. The molecular formula is C13H18BrClN2O. The minimum atomic E-state index is -0.317. The van der Waals surface area contributed by atoms with Gasteiger partial charge in [-0.05, 0) is 61.3 Å². The van der Waals surface area contributed by atoms with E-state index < -0.39 is 0 Å². The fourth-order valence-corrected chi connectivity index (χ4v) is 2.20. The van der Waals surface area contributed by atoms with Gasteiger partial charge in [0.25, 0.3) is 0 Å². The van der Waals surface area contributed by atoms with Crippen LogP contribution in [0.2, 0.25) is 5.02 Å². The molecule has 0 saturated carbocycles. The van der Waals surface area contributed by atoms with Crippen LogP contribution in [0.4, 0.5) is 5.69 Å². The van der Waals surface area contributed by atoms with Crippen LogP contribution in [0.3, 0.4) is 0 Å². The third-order valence-corrected chi connectivity index (χ3v) is 3.51. The van der Waals surface area contributed by atoms with Crippen molar-refractivity contribution in [2.45, 2.75) is 39.8 Å². The summed E-state index contributed by atoms with van der Waals surface area (Å²) in [5, 5.41) is 6.68. The van der Waals surface area contributed by atoms with Gasteiger partial charge in [0.05, 0.1) is 5.69 Å². The molecule has 1 aromatic rings. The summed E-state index contributed by atoms with van der Waals surface area (Å²) < 4.78 is 0.897. The Morgan fingerprint density at radius 1 is 1.33 bits per heavy atom. The third-order valence-electron chi connectivity index (χ3n) is 2.44. The quantitative estimate of drug-likeness (QED) is 0.881. The Hall–Kier alpha value is -0.740. The molecule has 0 aromatic heterocycles. The molecule has 0 saturated heterocycles. The average molecular weight is 334 g/mol. The van der Waals surface area contributed by atoms with Gasteiger partial charge >= 0.3 is 0 Å². The summed E-state index contributed by atoms with van der Waals surface area (Å²) >= 11 is 9.53. The smallest absolute Gasteiger partial charge is 0.242 e. The molecule has 0 radical (unpaired) electrons. The number of rotatable bonds is 4. The van der Waals surface area contributed by atoms with Gasteiger partial charge in [0.15, 0.2) is 0 Å². The van der Waals surface area contributed by atoms with Crippen LogP contribution in [0.15, 0.2) is 16.6 Å².